The Morgan fingerprint density at radius 3 is 2.89 bits per heavy atom. The summed E-state index contributed by atoms with van der Waals surface area (Å²) in [5, 5.41) is -0.183. The highest BCUT2D eigenvalue weighted by Crippen LogP contribution is 2.50. The molecule has 0 radical (unpaired) electrons. The lowest BCUT2D eigenvalue weighted by molar-refractivity contribution is -0.172. The molecule has 0 spiro atoms. The van der Waals surface area contributed by atoms with Crippen LogP contribution in [0, 0.1) is 0 Å². The fourth-order valence-corrected chi connectivity index (χ4v) is 3.78. The predicted molar refractivity (Wildman–Crippen MR) is 62.2 cm³/mol. The average molecular weight is 274 g/mol. The molecule has 0 saturated carbocycles. The Labute approximate surface area is 108 Å². The molecule has 100 valence electrons. The first-order chi connectivity index (χ1) is 8.40. The van der Waals surface area contributed by atoms with Crippen LogP contribution in [0.15, 0.2) is 0 Å². The van der Waals surface area contributed by atoms with Gasteiger partial charge in [-0.15, -0.1) is 11.8 Å². The number of carbonyl (C=O) groups excluding carboxylic acids is 3. The van der Waals surface area contributed by atoms with Gasteiger partial charge in [0.25, 0.3) is 6.47 Å². The number of ether oxygens (including phenoxy) is 2. The van der Waals surface area contributed by atoms with Gasteiger partial charge in [-0.1, -0.05) is 0 Å². The van der Waals surface area contributed by atoms with E-state index in [2.05, 4.69) is 4.74 Å². The standard InChI is InChI=1S/C10H14N2O5S/c1-10(2)6(9(15)17-4-16-3-13)12-7(14)5(11)8(12)18-10/h3,5-6,8H,4,11H2,1-2H3/t5-,6+,8-/m1/s1. The van der Waals surface area contributed by atoms with Crippen LogP contribution in [0.5, 0.6) is 0 Å². The number of hydrogen-bond acceptors (Lipinski definition) is 7. The van der Waals surface area contributed by atoms with Crippen molar-refractivity contribution >= 4 is 30.1 Å². The van der Waals surface area contributed by atoms with E-state index in [1.807, 2.05) is 13.8 Å². The van der Waals surface area contributed by atoms with Crippen LogP contribution in [0.25, 0.3) is 0 Å². The van der Waals surface area contributed by atoms with Crippen molar-refractivity contribution in [2.75, 3.05) is 6.79 Å². The molecule has 8 heteroatoms. The Morgan fingerprint density at radius 1 is 1.61 bits per heavy atom. The van der Waals surface area contributed by atoms with Crippen LogP contribution in [0.2, 0.25) is 0 Å². The molecule has 2 aliphatic heterocycles. The zero-order chi connectivity index (χ0) is 13.5. The summed E-state index contributed by atoms with van der Waals surface area (Å²) < 4.78 is 8.62. The summed E-state index contributed by atoms with van der Waals surface area (Å²) in [6.07, 6.45) is 0. The van der Waals surface area contributed by atoms with E-state index in [1.165, 1.54) is 16.7 Å². The van der Waals surface area contributed by atoms with Crippen LogP contribution in [0.4, 0.5) is 0 Å². The average Bonchev–Trinajstić information content (AvgIpc) is 2.58. The molecule has 0 unspecified atom stereocenters. The van der Waals surface area contributed by atoms with Crippen molar-refractivity contribution < 1.29 is 23.9 Å². The van der Waals surface area contributed by atoms with E-state index in [0.717, 1.165) is 0 Å². The summed E-state index contributed by atoms with van der Waals surface area (Å²) in [7, 11) is 0. The summed E-state index contributed by atoms with van der Waals surface area (Å²) in [6, 6.07) is -1.26. The van der Waals surface area contributed by atoms with Crippen molar-refractivity contribution in [1.29, 1.82) is 0 Å². The van der Waals surface area contributed by atoms with E-state index in [4.69, 9.17) is 10.5 Å². The van der Waals surface area contributed by atoms with Crippen molar-refractivity contribution in [3.8, 4) is 0 Å². The summed E-state index contributed by atoms with van der Waals surface area (Å²) >= 11 is 1.47. The maximum Gasteiger partial charge on any atom is 0.333 e. The van der Waals surface area contributed by atoms with Gasteiger partial charge >= 0.3 is 5.97 Å². The smallest absolute Gasteiger partial charge is 0.333 e. The first kappa shape index (κ1) is 13.2. The molecule has 18 heavy (non-hydrogen) atoms. The summed E-state index contributed by atoms with van der Waals surface area (Å²) in [4.78, 5) is 35.0. The molecule has 2 aliphatic rings. The van der Waals surface area contributed by atoms with Crippen LogP contribution in [0.1, 0.15) is 13.8 Å². The van der Waals surface area contributed by atoms with E-state index in [-0.39, 0.29) is 17.8 Å². The Bertz CT molecular complexity index is 400. The van der Waals surface area contributed by atoms with Gasteiger partial charge in [-0.05, 0) is 13.8 Å². The minimum absolute atomic E-state index is 0.183. The Kier molecular flexibility index (Phi) is 3.24. The van der Waals surface area contributed by atoms with Crippen LogP contribution in [-0.2, 0) is 23.9 Å². The maximum absolute atomic E-state index is 11.9. The van der Waals surface area contributed by atoms with Crippen LogP contribution in [-0.4, -0.2) is 52.2 Å². The zero-order valence-electron chi connectivity index (χ0n) is 9.99. The molecule has 0 aromatic heterocycles. The molecule has 0 aromatic rings. The topological polar surface area (TPSA) is 98.9 Å². The van der Waals surface area contributed by atoms with Gasteiger partial charge in [0.1, 0.15) is 17.5 Å². The van der Waals surface area contributed by atoms with Gasteiger partial charge in [0, 0.05) is 4.75 Å². The Morgan fingerprint density at radius 2 is 2.28 bits per heavy atom. The number of carbonyl (C=O) groups is 3. The molecular weight excluding hydrogens is 260 g/mol. The number of thioether (sulfide) groups is 1. The second kappa shape index (κ2) is 4.43. The molecule has 7 nitrogen and oxygen atoms in total. The van der Waals surface area contributed by atoms with Crippen LogP contribution < -0.4 is 5.73 Å². The van der Waals surface area contributed by atoms with Gasteiger partial charge in [0.05, 0.1) is 0 Å². The SMILES string of the molecule is CC1(C)S[C@@H]2[C@H](N)C(=O)N2[C@H]1C(=O)OCOC=O. The molecule has 2 fully saturated rings. The zero-order valence-corrected chi connectivity index (χ0v) is 10.8. The summed E-state index contributed by atoms with van der Waals surface area (Å²) in [6.45, 7) is 3.44. The number of rotatable bonds is 4. The highest BCUT2D eigenvalue weighted by Gasteiger charge is 2.63. The largest absolute Gasteiger partial charge is 0.430 e. The summed E-state index contributed by atoms with van der Waals surface area (Å²) in [5.74, 6) is -0.839. The van der Waals surface area contributed by atoms with Gasteiger partial charge in [-0.25, -0.2) is 4.79 Å². The fourth-order valence-electron chi connectivity index (χ4n) is 2.22. The lowest BCUT2D eigenvalue weighted by atomic mass is 9.96. The monoisotopic (exact) mass is 274 g/mol. The Balaban J connectivity index is 2.08. The predicted octanol–water partition coefficient (Wildman–Crippen LogP) is -0.950. The van der Waals surface area contributed by atoms with E-state index in [0.29, 0.717) is 0 Å². The highest BCUT2D eigenvalue weighted by molar-refractivity contribution is 8.01. The van der Waals surface area contributed by atoms with Crippen LogP contribution >= 0.6 is 11.8 Å². The first-order valence-electron chi connectivity index (χ1n) is 5.37. The number of fused-ring (bicyclic) bond motifs is 1. The lowest BCUT2D eigenvalue weighted by Crippen LogP contribution is -2.68. The van der Waals surface area contributed by atoms with Crippen molar-refractivity contribution in [3.05, 3.63) is 0 Å². The minimum atomic E-state index is -0.699. The quantitative estimate of drug-likeness (QED) is 0.232. The summed E-state index contributed by atoms with van der Waals surface area (Å²) in [5.41, 5.74) is 5.68. The number of nitrogens with two attached hydrogens (primary N) is 1. The van der Waals surface area contributed by atoms with Gasteiger partial charge in [0.2, 0.25) is 12.7 Å². The van der Waals surface area contributed by atoms with Crippen molar-refractivity contribution in [3.63, 3.8) is 0 Å². The normalized spacial score (nSPS) is 32.5. The van der Waals surface area contributed by atoms with Gasteiger partial charge in [0.15, 0.2) is 0 Å². The molecule has 2 saturated heterocycles. The van der Waals surface area contributed by atoms with E-state index in [1.54, 1.807) is 0 Å². The molecule has 0 bridgehead atoms. The van der Waals surface area contributed by atoms with Gasteiger partial charge in [-0.3, -0.25) is 9.59 Å². The molecule has 2 heterocycles. The third kappa shape index (κ3) is 1.85. The lowest BCUT2D eigenvalue weighted by Gasteiger charge is -2.41. The van der Waals surface area contributed by atoms with E-state index >= 15 is 0 Å². The third-order valence-electron chi connectivity index (χ3n) is 3.04. The number of esters is 1. The minimum Gasteiger partial charge on any atom is -0.430 e. The number of hydrogen-bond donors (Lipinski definition) is 1. The molecule has 1 amide bonds. The number of β-lactam (4-membered cyclic amide) rings is 1. The molecule has 3 atom stereocenters. The van der Waals surface area contributed by atoms with Gasteiger partial charge in [-0.2, -0.15) is 0 Å². The van der Waals surface area contributed by atoms with Crippen molar-refractivity contribution in [2.45, 2.75) is 36.1 Å². The van der Waals surface area contributed by atoms with Crippen molar-refractivity contribution in [2.24, 2.45) is 5.73 Å². The number of nitrogens with zero attached hydrogens (tertiary/aromatic N) is 1. The number of amides is 1. The molecule has 2 N–H and O–H groups in total. The van der Waals surface area contributed by atoms with E-state index in [9.17, 15) is 14.4 Å². The second-order valence-electron chi connectivity index (χ2n) is 4.63. The van der Waals surface area contributed by atoms with Crippen LogP contribution in [0.3, 0.4) is 0 Å². The molecular formula is C10H14N2O5S. The first-order valence-corrected chi connectivity index (χ1v) is 6.25. The molecule has 0 aliphatic carbocycles. The second-order valence-corrected chi connectivity index (χ2v) is 6.40. The third-order valence-corrected chi connectivity index (χ3v) is 4.64. The molecule has 0 aromatic carbocycles. The molecule has 2 rings (SSSR count). The highest BCUT2D eigenvalue weighted by atomic mass is 32.2. The van der Waals surface area contributed by atoms with Gasteiger partial charge < -0.3 is 20.1 Å². The fraction of sp³-hybridized carbons (Fsp3) is 0.700. The van der Waals surface area contributed by atoms with E-state index < -0.39 is 29.6 Å². The maximum atomic E-state index is 11.9. The van der Waals surface area contributed by atoms with Crippen molar-refractivity contribution in [1.82, 2.24) is 4.90 Å². The Hall–Kier alpha value is -1.28.